The van der Waals surface area contributed by atoms with Crippen molar-refractivity contribution in [1.82, 2.24) is 0 Å². The van der Waals surface area contributed by atoms with Crippen LogP contribution in [0.15, 0.2) is 42.5 Å². The Morgan fingerprint density at radius 2 is 1.41 bits per heavy atom. The summed E-state index contributed by atoms with van der Waals surface area (Å²) in [6, 6.07) is 10.4. The maximum Gasteiger partial charge on any atom is 0.126 e. The van der Waals surface area contributed by atoms with Gasteiger partial charge in [-0.15, -0.1) is 0 Å². The van der Waals surface area contributed by atoms with Crippen molar-refractivity contribution in [2.45, 2.75) is 13.0 Å². The molecule has 1 atom stereocenters. The summed E-state index contributed by atoms with van der Waals surface area (Å²) in [7, 11) is 0. The van der Waals surface area contributed by atoms with Crippen LogP contribution in [0.4, 0.5) is 8.78 Å². The zero-order valence-corrected chi connectivity index (χ0v) is 9.45. The summed E-state index contributed by atoms with van der Waals surface area (Å²) >= 11 is 0. The summed E-state index contributed by atoms with van der Waals surface area (Å²) in [6.45, 7) is 1.97. The summed E-state index contributed by atoms with van der Waals surface area (Å²) in [5.74, 6) is -1.22. The minimum absolute atomic E-state index is 0.436. The van der Waals surface area contributed by atoms with Crippen LogP contribution in [0.3, 0.4) is 0 Å². The third-order valence-corrected chi connectivity index (χ3v) is 2.68. The fourth-order valence-electron chi connectivity index (χ4n) is 1.72. The van der Waals surface area contributed by atoms with Gasteiger partial charge in [-0.05, 0) is 30.2 Å². The molecule has 0 saturated carbocycles. The van der Waals surface area contributed by atoms with Gasteiger partial charge in [-0.1, -0.05) is 29.8 Å². The Balaban J connectivity index is 2.36. The summed E-state index contributed by atoms with van der Waals surface area (Å²) in [6.07, 6.45) is 0. The number of rotatable bonds is 2. The summed E-state index contributed by atoms with van der Waals surface area (Å²) in [5.41, 5.74) is 8.36. The van der Waals surface area contributed by atoms with Crippen LogP contribution in [0.5, 0.6) is 0 Å². The predicted octanol–water partition coefficient (Wildman–Crippen LogP) is 3.32. The summed E-state index contributed by atoms with van der Waals surface area (Å²) in [4.78, 5) is 0. The molecule has 2 N–H and O–H groups in total. The lowest BCUT2D eigenvalue weighted by atomic mass is 9.98. The highest BCUT2D eigenvalue weighted by Gasteiger charge is 2.11. The highest BCUT2D eigenvalue weighted by molar-refractivity contribution is 5.33. The predicted molar refractivity (Wildman–Crippen MR) is 63.6 cm³/mol. The van der Waals surface area contributed by atoms with Gasteiger partial charge in [0.2, 0.25) is 0 Å². The normalized spacial score (nSPS) is 12.5. The molecule has 1 unspecified atom stereocenters. The van der Waals surface area contributed by atoms with E-state index in [0.717, 1.165) is 17.2 Å². The molecule has 0 aliphatic heterocycles. The molecule has 0 heterocycles. The van der Waals surface area contributed by atoms with Gasteiger partial charge in [0.25, 0.3) is 0 Å². The minimum atomic E-state index is -0.609. The maximum atomic E-state index is 13.1. The molecule has 2 rings (SSSR count). The fraction of sp³-hybridized carbons (Fsp3) is 0.143. The number of halogens is 2. The van der Waals surface area contributed by atoms with Crippen LogP contribution in [0.2, 0.25) is 0 Å². The number of hydrogen-bond donors (Lipinski definition) is 1. The largest absolute Gasteiger partial charge is 0.320 e. The molecule has 2 aromatic rings. The van der Waals surface area contributed by atoms with E-state index in [0.29, 0.717) is 5.56 Å². The average molecular weight is 233 g/mol. The Morgan fingerprint density at radius 1 is 0.882 bits per heavy atom. The Hall–Kier alpha value is -1.74. The third-order valence-electron chi connectivity index (χ3n) is 2.68. The zero-order chi connectivity index (χ0) is 12.4. The first kappa shape index (κ1) is 11.7. The van der Waals surface area contributed by atoms with Gasteiger partial charge in [0, 0.05) is 6.07 Å². The van der Waals surface area contributed by atoms with Crippen molar-refractivity contribution in [2.24, 2.45) is 5.73 Å². The Labute approximate surface area is 98.9 Å². The molecule has 0 amide bonds. The van der Waals surface area contributed by atoms with Crippen LogP contribution in [0, 0.1) is 18.6 Å². The van der Waals surface area contributed by atoms with E-state index < -0.39 is 17.7 Å². The molecule has 0 fully saturated rings. The number of benzene rings is 2. The SMILES string of the molecule is Cc1ccc(C(N)c2cc(F)cc(F)c2)cc1. The van der Waals surface area contributed by atoms with E-state index in [-0.39, 0.29) is 0 Å². The molecule has 0 aromatic heterocycles. The van der Waals surface area contributed by atoms with Crippen LogP contribution >= 0.6 is 0 Å². The van der Waals surface area contributed by atoms with Crippen LogP contribution in [-0.4, -0.2) is 0 Å². The van der Waals surface area contributed by atoms with E-state index >= 15 is 0 Å². The third kappa shape index (κ3) is 2.68. The molecule has 1 nitrogen and oxygen atoms in total. The quantitative estimate of drug-likeness (QED) is 0.846. The molecule has 17 heavy (non-hydrogen) atoms. The molecule has 0 saturated heterocycles. The minimum Gasteiger partial charge on any atom is -0.320 e. The van der Waals surface area contributed by atoms with Crippen molar-refractivity contribution in [3.05, 3.63) is 70.8 Å². The van der Waals surface area contributed by atoms with Gasteiger partial charge >= 0.3 is 0 Å². The molecule has 3 heteroatoms. The molecule has 88 valence electrons. The second kappa shape index (κ2) is 4.63. The van der Waals surface area contributed by atoms with Crippen molar-refractivity contribution in [2.75, 3.05) is 0 Å². The zero-order valence-electron chi connectivity index (χ0n) is 9.45. The van der Waals surface area contributed by atoms with Crippen LogP contribution < -0.4 is 5.73 Å². The van der Waals surface area contributed by atoms with Gasteiger partial charge in [0.15, 0.2) is 0 Å². The first-order valence-corrected chi connectivity index (χ1v) is 5.34. The molecule has 2 aromatic carbocycles. The molecule has 0 radical (unpaired) electrons. The van der Waals surface area contributed by atoms with Gasteiger partial charge in [-0.25, -0.2) is 8.78 Å². The number of hydrogen-bond acceptors (Lipinski definition) is 1. The topological polar surface area (TPSA) is 26.0 Å². The van der Waals surface area contributed by atoms with E-state index in [1.54, 1.807) is 0 Å². The summed E-state index contributed by atoms with van der Waals surface area (Å²) in [5, 5.41) is 0. The summed E-state index contributed by atoms with van der Waals surface area (Å²) < 4.78 is 26.1. The lowest BCUT2D eigenvalue weighted by molar-refractivity contribution is 0.577. The number of nitrogens with two attached hydrogens (primary N) is 1. The monoisotopic (exact) mass is 233 g/mol. The Kier molecular flexibility index (Phi) is 3.20. The average Bonchev–Trinajstić information content (AvgIpc) is 2.28. The molecular formula is C14H13F2N. The molecular weight excluding hydrogens is 220 g/mol. The molecule has 0 aliphatic rings. The van der Waals surface area contributed by atoms with Gasteiger partial charge in [-0.3, -0.25) is 0 Å². The van der Waals surface area contributed by atoms with Crippen LogP contribution in [0.25, 0.3) is 0 Å². The van der Waals surface area contributed by atoms with E-state index in [9.17, 15) is 8.78 Å². The van der Waals surface area contributed by atoms with Gasteiger partial charge < -0.3 is 5.73 Å². The van der Waals surface area contributed by atoms with Crippen molar-refractivity contribution >= 4 is 0 Å². The lowest BCUT2D eigenvalue weighted by Crippen LogP contribution is -2.12. The molecule has 0 bridgehead atoms. The van der Waals surface area contributed by atoms with Gasteiger partial charge in [0.05, 0.1) is 6.04 Å². The van der Waals surface area contributed by atoms with Crippen molar-refractivity contribution < 1.29 is 8.78 Å². The van der Waals surface area contributed by atoms with E-state index in [1.165, 1.54) is 12.1 Å². The van der Waals surface area contributed by atoms with E-state index in [2.05, 4.69) is 0 Å². The highest BCUT2D eigenvalue weighted by Crippen LogP contribution is 2.21. The van der Waals surface area contributed by atoms with Crippen molar-refractivity contribution in [3.63, 3.8) is 0 Å². The first-order chi connectivity index (χ1) is 8.06. The molecule has 0 spiro atoms. The maximum absolute atomic E-state index is 13.1. The smallest absolute Gasteiger partial charge is 0.126 e. The van der Waals surface area contributed by atoms with Gasteiger partial charge in [0.1, 0.15) is 11.6 Å². The van der Waals surface area contributed by atoms with Crippen LogP contribution in [-0.2, 0) is 0 Å². The number of aryl methyl sites for hydroxylation is 1. The Morgan fingerprint density at radius 3 is 1.94 bits per heavy atom. The Bertz CT molecular complexity index is 500. The molecule has 0 aliphatic carbocycles. The highest BCUT2D eigenvalue weighted by atomic mass is 19.1. The van der Waals surface area contributed by atoms with E-state index in [1.807, 2.05) is 31.2 Å². The van der Waals surface area contributed by atoms with Crippen molar-refractivity contribution in [3.8, 4) is 0 Å². The van der Waals surface area contributed by atoms with Crippen LogP contribution in [0.1, 0.15) is 22.7 Å². The van der Waals surface area contributed by atoms with Crippen molar-refractivity contribution in [1.29, 1.82) is 0 Å². The van der Waals surface area contributed by atoms with Gasteiger partial charge in [-0.2, -0.15) is 0 Å². The second-order valence-corrected chi connectivity index (χ2v) is 4.09. The fourth-order valence-corrected chi connectivity index (χ4v) is 1.72. The standard InChI is InChI=1S/C14H13F2N/c1-9-2-4-10(5-3-9)14(17)11-6-12(15)8-13(16)7-11/h2-8,14H,17H2,1H3. The lowest BCUT2D eigenvalue weighted by Gasteiger charge is -2.13. The second-order valence-electron chi connectivity index (χ2n) is 4.09. The first-order valence-electron chi connectivity index (χ1n) is 5.34. The van der Waals surface area contributed by atoms with E-state index in [4.69, 9.17) is 5.73 Å².